The fourth-order valence-corrected chi connectivity index (χ4v) is 2.61. The van der Waals surface area contributed by atoms with Crippen molar-refractivity contribution in [1.82, 2.24) is 10.2 Å². The maximum absolute atomic E-state index is 5.77. The Morgan fingerprint density at radius 1 is 1.32 bits per heavy atom. The molecule has 4 nitrogen and oxygen atoms in total. The molecule has 1 aliphatic rings. The van der Waals surface area contributed by atoms with Gasteiger partial charge in [0, 0.05) is 31.2 Å². The molecular weight excluding hydrogens is 240 g/mol. The van der Waals surface area contributed by atoms with Crippen LogP contribution in [0.25, 0.3) is 0 Å². The standard InChI is InChI=1S/C15H26N2O2/c1-11(2)16-7-15-14(5-6-18-15)10-17-8-12(3)19-13(4)9-17/h5-6,11-13,16H,7-10H2,1-4H3/t12-,13+. The molecule has 2 atom stereocenters. The van der Waals surface area contributed by atoms with Gasteiger partial charge in [-0.05, 0) is 19.9 Å². The van der Waals surface area contributed by atoms with Crippen molar-refractivity contribution in [2.75, 3.05) is 13.1 Å². The van der Waals surface area contributed by atoms with E-state index in [1.807, 2.05) is 0 Å². The lowest BCUT2D eigenvalue weighted by Crippen LogP contribution is -2.44. The summed E-state index contributed by atoms with van der Waals surface area (Å²) in [6, 6.07) is 2.56. The summed E-state index contributed by atoms with van der Waals surface area (Å²) >= 11 is 0. The van der Waals surface area contributed by atoms with E-state index in [1.165, 1.54) is 5.56 Å². The van der Waals surface area contributed by atoms with Crippen molar-refractivity contribution in [2.24, 2.45) is 0 Å². The van der Waals surface area contributed by atoms with Gasteiger partial charge in [-0.2, -0.15) is 0 Å². The van der Waals surface area contributed by atoms with Crippen LogP contribution in [0.2, 0.25) is 0 Å². The van der Waals surface area contributed by atoms with Gasteiger partial charge >= 0.3 is 0 Å². The molecule has 19 heavy (non-hydrogen) atoms. The lowest BCUT2D eigenvalue weighted by molar-refractivity contribution is -0.0706. The van der Waals surface area contributed by atoms with Gasteiger partial charge in [-0.1, -0.05) is 13.8 Å². The third-order valence-electron chi connectivity index (χ3n) is 3.40. The Bertz CT molecular complexity index is 379. The van der Waals surface area contributed by atoms with Gasteiger partial charge in [0.2, 0.25) is 0 Å². The minimum Gasteiger partial charge on any atom is -0.468 e. The molecule has 0 bridgehead atoms. The van der Waals surface area contributed by atoms with Crippen LogP contribution in [-0.2, 0) is 17.8 Å². The zero-order valence-electron chi connectivity index (χ0n) is 12.5. The van der Waals surface area contributed by atoms with Crippen LogP contribution in [-0.4, -0.2) is 36.2 Å². The molecule has 1 saturated heterocycles. The molecule has 108 valence electrons. The lowest BCUT2D eigenvalue weighted by Gasteiger charge is -2.35. The van der Waals surface area contributed by atoms with Crippen LogP contribution < -0.4 is 5.32 Å². The summed E-state index contributed by atoms with van der Waals surface area (Å²) in [7, 11) is 0. The Morgan fingerprint density at radius 3 is 2.63 bits per heavy atom. The van der Waals surface area contributed by atoms with Crippen LogP contribution in [0.3, 0.4) is 0 Å². The van der Waals surface area contributed by atoms with Crippen LogP contribution in [0, 0.1) is 0 Å². The number of nitrogens with zero attached hydrogens (tertiary/aromatic N) is 1. The number of ether oxygens (including phenoxy) is 1. The van der Waals surface area contributed by atoms with Crippen LogP contribution in [0.15, 0.2) is 16.7 Å². The number of nitrogens with one attached hydrogen (secondary N) is 1. The van der Waals surface area contributed by atoms with Crippen LogP contribution >= 0.6 is 0 Å². The molecule has 1 aliphatic heterocycles. The molecule has 0 amide bonds. The zero-order chi connectivity index (χ0) is 13.8. The van der Waals surface area contributed by atoms with Crippen molar-refractivity contribution in [2.45, 2.75) is 59.0 Å². The van der Waals surface area contributed by atoms with E-state index in [9.17, 15) is 0 Å². The number of furan rings is 1. The second-order valence-electron chi connectivity index (χ2n) is 5.86. The number of hydrogen-bond donors (Lipinski definition) is 1. The number of rotatable bonds is 5. The highest BCUT2D eigenvalue weighted by Crippen LogP contribution is 2.17. The van der Waals surface area contributed by atoms with Crippen molar-refractivity contribution < 1.29 is 9.15 Å². The van der Waals surface area contributed by atoms with Crippen molar-refractivity contribution >= 4 is 0 Å². The van der Waals surface area contributed by atoms with E-state index in [1.54, 1.807) is 6.26 Å². The minimum atomic E-state index is 0.313. The van der Waals surface area contributed by atoms with E-state index in [2.05, 4.69) is 44.0 Å². The van der Waals surface area contributed by atoms with Crippen LogP contribution in [0.1, 0.15) is 39.0 Å². The molecule has 1 aromatic heterocycles. The van der Waals surface area contributed by atoms with Gasteiger partial charge in [0.1, 0.15) is 5.76 Å². The summed E-state index contributed by atoms with van der Waals surface area (Å²) in [5.41, 5.74) is 1.29. The fourth-order valence-electron chi connectivity index (χ4n) is 2.61. The van der Waals surface area contributed by atoms with Crippen LogP contribution in [0.5, 0.6) is 0 Å². The first-order valence-electron chi connectivity index (χ1n) is 7.21. The number of hydrogen-bond acceptors (Lipinski definition) is 4. The SMILES string of the molecule is CC(C)NCc1occc1CN1C[C@@H](C)O[C@@H](C)C1. The Labute approximate surface area is 116 Å². The first kappa shape index (κ1) is 14.6. The normalized spacial score (nSPS) is 25.1. The van der Waals surface area contributed by atoms with E-state index >= 15 is 0 Å². The smallest absolute Gasteiger partial charge is 0.122 e. The summed E-state index contributed by atoms with van der Waals surface area (Å²) in [4.78, 5) is 2.45. The summed E-state index contributed by atoms with van der Waals surface area (Å²) in [5, 5.41) is 3.41. The molecule has 0 aromatic carbocycles. The molecule has 4 heteroatoms. The number of morpholine rings is 1. The Kier molecular flexibility index (Phi) is 5.02. The van der Waals surface area contributed by atoms with Gasteiger partial charge < -0.3 is 14.5 Å². The predicted octanol–water partition coefficient (Wildman–Crippen LogP) is 2.39. The largest absolute Gasteiger partial charge is 0.468 e. The molecule has 1 aromatic rings. The molecule has 0 unspecified atom stereocenters. The van der Waals surface area contributed by atoms with Crippen molar-refractivity contribution in [3.8, 4) is 0 Å². The third-order valence-corrected chi connectivity index (χ3v) is 3.40. The van der Waals surface area contributed by atoms with Gasteiger partial charge in [-0.15, -0.1) is 0 Å². The molecule has 1 N–H and O–H groups in total. The third kappa shape index (κ3) is 4.34. The maximum Gasteiger partial charge on any atom is 0.122 e. The Balaban J connectivity index is 1.93. The van der Waals surface area contributed by atoms with Crippen LogP contribution in [0.4, 0.5) is 0 Å². The summed E-state index contributed by atoms with van der Waals surface area (Å²) in [5.74, 6) is 1.06. The molecule has 1 fully saturated rings. The van der Waals surface area contributed by atoms with Crippen molar-refractivity contribution in [1.29, 1.82) is 0 Å². The minimum absolute atomic E-state index is 0.313. The van der Waals surface area contributed by atoms with Crippen molar-refractivity contribution in [3.63, 3.8) is 0 Å². The van der Waals surface area contributed by atoms with Gasteiger partial charge in [0.05, 0.1) is 25.0 Å². The van der Waals surface area contributed by atoms with Gasteiger partial charge in [0.15, 0.2) is 0 Å². The molecule has 0 spiro atoms. The van der Waals surface area contributed by atoms with Crippen molar-refractivity contribution in [3.05, 3.63) is 23.7 Å². The Morgan fingerprint density at radius 2 is 2.00 bits per heavy atom. The quantitative estimate of drug-likeness (QED) is 0.888. The molecular formula is C15H26N2O2. The zero-order valence-corrected chi connectivity index (χ0v) is 12.5. The topological polar surface area (TPSA) is 37.6 Å². The second-order valence-corrected chi connectivity index (χ2v) is 5.86. The lowest BCUT2D eigenvalue weighted by atomic mass is 10.1. The molecule has 2 rings (SSSR count). The first-order valence-corrected chi connectivity index (χ1v) is 7.21. The average Bonchev–Trinajstić information content (AvgIpc) is 2.72. The predicted molar refractivity (Wildman–Crippen MR) is 76.0 cm³/mol. The highest BCUT2D eigenvalue weighted by atomic mass is 16.5. The summed E-state index contributed by atoms with van der Waals surface area (Å²) in [6.45, 7) is 12.3. The van der Waals surface area contributed by atoms with E-state index < -0.39 is 0 Å². The summed E-state index contributed by atoms with van der Waals surface area (Å²) in [6.07, 6.45) is 2.42. The molecule has 2 heterocycles. The van der Waals surface area contributed by atoms with Gasteiger partial charge in [0.25, 0.3) is 0 Å². The maximum atomic E-state index is 5.77. The first-order chi connectivity index (χ1) is 9.04. The molecule has 0 aliphatic carbocycles. The molecule has 0 saturated carbocycles. The van der Waals surface area contributed by atoms with E-state index in [0.29, 0.717) is 18.2 Å². The second kappa shape index (κ2) is 6.55. The fraction of sp³-hybridized carbons (Fsp3) is 0.733. The van der Waals surface area contributed by atoms with E-state index in [-0.39, 0.29) is 0 Å². The molecule has 0 radical (unpaired) electrons. The van der Waals surface area contributed by atoms with E-state index in [4.69, 9.17) is 9.15 Å². The van der Waals surface area contributed by atoms with Gasteiger partial charge in [-0.25, -0.2) is 0 Å². The average molecular weight is 266 g/mol. The Hall–Kier alpha value is -0.840. The highest BCUT2D eigenvalue weighted by molar-refractivity contribution is 5.17. The highest BCUT2D eigenvalue weighted by Gasteiger charge is 2.23. The van der Waals surface area contributed by atoms with E-state index in [0.717, 1.165) is 31.9 Å². The monoisotopic (exact) mass is 266 g/mol. The summed E-state index contributed by atoms with van der Waals surface area (Å²) < 4.78 is 11.4. The van der Waals surface area contributed by atoms with Gasteiger partial charge in [-0.3, -0.25) is 4.90 Å².